The molecule has 2 heterocycles. The molecule has 0 fully saturated rings. The van der Waals surface area contributed by atoms with Crippen molar-refractivity contribution < 1.29 is 14.3 Å². The number of amides is 1. The van der Waals surface area contributed by atoms with Crippen molar-refractivity contribution in [3.63, 3.8) is 0 Å². The van der Waals surface area contributed by atoms with E-state index < -0.39 is 5.97 Å². The van der Waals surface area contributed by atoms with E-state index in [1.807, 2.05) is 18.2 Å². The quantitative estimate of drug-likeness (QED) is 0.490. The first-order valence-electron chi connectivity index (χ1n) is 9.78. The highest BCUT2D eigenvalue weighted by Gasteiger charge is 2.31. The first kappa shape index (κ1) is 17.9. The molecule has 1 aliphatic heterocycles. The van der Waals surface area contributed by atoms with Crippen LogP contribution in [0.5, 0.6) is 5.75 Å². The van der Waals surface area contributed by atoms with Gasteiger partial charge in [0.15, 0.2) is 0 Å². The van der Waals surface area contributed by atoms with Gasteiger partial charge in [0, 0.05) is 4.88 Å². The van der Waals surface area contributed by atoms with Gasteiger partial charge in [-0.15, -0.1) is 11.3 Å². The minimum absolute atomic E-state index is 0.0114. The highest BCUT2D eigenvalue weighted by Crippen LogP contribution is 2.41. The first-order valence-corrected chi connectivity index (χ1v) is 10.6. The van der Waals surface area contributed by atoms with Crippen molar-refractivity contribution in [1.29, 1.82) is 0 Å². The van der Waals surface area contributed by atoms with Crippen molar-refractivity contribution in [2.75, 3.05) is 5.32 Å². The molecule has 3 aromatic rings. The predicted octanol–water partition coefficient (Wildman–Crippen LogP) is 4.70. The minimum atomic E-state index is -0.392. The Hall–Kier alpha value is -3.12. The van der Waals surface area contributed by atoms with Crippen LogP contribution in [0.1, 0.15) is 55.7 Å². The molecule has 0 spiro atoms. The number of thiophene rings is 1. The van der Waals surface area contributed by atoms with E-state index in [4.69, 9.17) is 4.74 Å². The van der Waals surface area contributed by atoms with Crippen molar-refractivity contribution >= 4 is 28.2 Å². The minimum Gasteiger partial charge on any atom is -0.423 e. The molecule has 0 saturated carbocycles. The third kappa shape index (κ3) is 3.40. The van der Waals surface area contributed by atoms with E-state index in [9.17, 15) is 9.59 Å². The third-order valence-electron chi connectivity index (χ3n) is 5.38. The number of aryl methyl sites for hydroxylation is 1. The lowest BCUT2D eigenvalue weighted by molar-refractivity contribution is 0.0734. The number of hydrogen-bond acceptors (Lipinski definition) is 5. The van der Waals surface area contributed by atoms with Gasteiger partial charge in [-0.05, 0) is 61.1 Å². The summed E-state index contributed by atoms with van der Waals surface area (Å²) >= 11 is 1.71. The largest absolute Gasteiger partial charge is 0.423 e. The summed E-state index contributed by atoms with van der Waals surface area (Å²) in [6.45, 7) is 0. The molecule has 146 valence electrons. The molecule has 1 amide bonds. The number of benzene rings is 2. The molecule has 29 heavy (non-hydrogen) atoms. The molecule has 6 heteroatoms. The number of hydrogen-bond donors (Lipinski definition) is 2. The third-order valence-corrected chi connectivity index (χ3v) is 6.61. The van der Waals surface area contributed by atoms with Gasteiger partial charge in [0.25, 0.3) is 5.91 Å². The van der Waals surface area contributed by atoms with Crippen molar-refractivity contribution in [3.8, 4) is 5.75 Å². The van der Waals surface area contributed by atoms with Gasteiger partial charge < -0.3 is 15.4 Å². The van der Waals surface area contributed by atoms with Gasteiger partial charge in [-0.1, -0.05) is 30.3 Å². The number of esters is 1. The molecule has 0 unspecified atom stereocenters. The van der Waals surface area contributed by atoms with Gasteiger partial charge in [-0.25, -0.2) is 4.79 Å². The molecule has 2 aromatic carbocycles. The Morgan fingerprint density at radius 3 is 2.52 bits per heavy atom. The summed E-state index contributed by atoms with van der Waals surface area (Å²) in [7, 11) is 0. The number of rotatable bonds is 3. The molecule has 0 bridgehead atoms. The molecule has 2 aliphatic rings. The normalized spacial score (nSPS) is 17.5. The molecule has 0 saturated heterocycles. The topological polar surface area (TPSA) is 67.4 Å². The van der Waals surface area contributed by atoms with Crippen molar-refractivity contribution in [2.24, 2.45) is 0 Å². The zero-order valence-electron chi connectivity index (χ0n) is 15.7. The van der Waals surface area contributed by atoms with Crippen LogP contribution in [0.25, 0.3) is 0 Å². The highest BCUT2D eigenvalue weighted by molar-refractivity contribution is 7.16. The number of anilines is 1. The second kappa shape index (κ2) is 7.37. The smallest absolute Gasteiger partial charge is 0.343 e. The average molecular weight is 404 g/mol. The fraction of sp³-hybridized carbons (Fsp3) is 0.217. The molecule has 5 nitrogen and oxygen atoms in total. The summed E-state index contributed by atoms with van der Waals surface area (Å²) < 4.78 is 5.43. The maximum absolute atomic E-state index is 12.8. The van der Waals surface area contributed by atoms with E-state index in [0.29, 0.717) is 11.3 Å². The van der Waals surface area contributed by atoms with E-state index in [1.54, 1.807) is 47.7 Å². The monoisotopic (exact) mass is 404 g/mol. The second-order valence-corrected chi connectivity index (χ2v) is 8.40. The van der Waals surface area contributed by atoms with Gasteiger partial charge >= 0.3 is 5.97 Å². The Morgan fingerprint density at radius 2 is 1.72 bits per heavy atom. The molecule has 1 aromatic heterocycles. The van der Waals surface area contributed by atoms with Gasteiger partial charge in [0.2, 0.25) is 0 Å². The van der Waals surface area contributed by atoms with E-state index in [-0.39, 0.29) is 12.1 Å². The lowest BCUT2D eigenvalue weighted by Gasteiger charge is -2.27. The average Bonchev–Trinajstić information content (AvgIpc) is 3.14. The van der Waals surface area contributed by atoms with Gasteiger partial charge in [0.1, 0.15) is 16.9 Å². The Balaban J connectivity index is 1.32. The molecule has 1 aliphatic carbocycles. The zero-order valence-corrected chi connectivity index (χ0v) is 16.6. The molecule has 5 rings (SSSR count). The van der Waals surface area contributed by atoms with E-state index in [1.165, 1.54) is 16.9 Å². The number of carbonyl (C=O) groups excluding carboxylic acids is 2. The van der Waals surface area contributed by atoms with Gasteiger partial charge in [-0.3, -0.25) is 4.79 Å². The number of nitrogens with one attached hydrogen (secondary N) is 2. The first-order chi connectivity index (χ1) is 14.2. The van der Waals surface area contributed by atoms with E-state index in [0.717, 1.165) is 35.4 Å². The summed E-state index contributed by atoms with van der Waals surface area (Å²) in [6, 6.07) is 16.1. The molecule has 2 N–H and O–H groups in total. The van der Waals surface area contributed by atoms with Crippen LogP contribution >= 0.6 is 11.3 Å². The van der Waals surface area contributed by atoms with Crippen molar-refractivity contribution in [1.82, 2.24) is 5.32 Å². The van der Waals surface area contributed by atoms with Gasteiger partial charge in [-0.2, -0.15) is 0 Å². The van der Waals surface area contributed by atoms with Crippen LogP contribution in [0.15, 0.2) is 54.6 Å². The number of carbonyl (C=O) groups is 2. The maximum Gasteiger partial charge on any atom is 0.343 e. The Kier molecular flexibility index (Phi) is 4.56. The Morgan fingerprint density at radius 1 is 0.966 bits per heavy atom. The Bertz CT molecular complexity index is 1070. The SMILES string of the molecule is O=C(Oc1ccc([C@H]2NC(=O)c3c(sc4c3CCCC4)N2)cc1)c1ccccc1. The van der Waals surface area contributed by atoms with Crippen LogP contribution < -0.4 is 15.4 Å². The van der Waals surface area contributed by atoms with E-state index >= 15 is 0 Å². The summed E-state index contributed by atoms with van der Waals surface area (Å²) in [6.07, 6.45) is 4.10. The summed E-state index contributed by atoms with van der Waals surface area (Å²) in [4.78, 5) is 26.3. The van der Waals surface area contributed by atoms with Crippen molar-refractivity contribution in [2.45, 2.75) is 31.8 Å². The van der Waals surface area contributed by atoms with Crippen LogP contribution in [-0.2, 0) is 12.8 Å². The lowest BCUT2D eigenvalue weighted by Crippen LogP contribution is -2.38. The zero-order chi connectivity index (χ0) is 19.8. The van der Waals surface area contributed by atoms with Gasteiger partial charge in [0.05, 0.1) is 11.1 Å². The van der Waals surface area contributed by atoms with Crippen LogP contribution in [0.4, 0.5) is 5.00 Å². The number of fused-ring (bicyclic) bond motifs is 3. The molecule has 0 radical (unpaired) electrons. The lowest BCUT2D eigenvalue weighted by atomic mass is 9.94. The fourth-order valence-corrected chi connectivity index (χ4v) is 5.23. The number of ether oxygens (including phenoxy) is 1. The molecular formula is C23H20N2O3S. The van der Waals surface area contributed by atoms with Crippen LogP contribution in [-0.4, -0.2) is 11.9 Å². The fourth-order valence-electron chi connectivity index (χ4n) is 3.91. The second-order valence-electron chi connectivity index (χ2n) is 7.29. The molecular weight excluding hydrogens is 384 g/mol. The predicted molar refractivity (Wildman–Crippen MR) is 113 cm³/mol. The maximum atomic E-state index is 12.8. The van der Waals surface area contributed by atoms with E-state index in [2.05, 4.69) is 10.6 Å². The molecule has 1 atom stereocenters. The summed E-state index contributed by atoms with van der Waals surface area (Å²) in [5.74, 6) is 0.0657. The highest BCUT2D eigenvalue weighted by atomic mass is 32.1. The van der Waals surface area contributed by atoms with Crippen LogP contribution in [0.2, 0.25) is 0 Å². The van der Waals surface area contributed by atoms with Crippen molar-refractivity contribution in [3.05, 3.63) is 81.7 Å². The van der Waals surface area contributed by atoms with Crippen LogP contribution in [0.3, 0.4) is 0 Å². The standard InChI is InChI=1S/C23H20N2O3S/c26-21-19-17-8-4-5-9-18(17)29-22(19)25-20(24-21)14-10-12-16(13-11-14)28-23(27)15-6-2-1-3-7-15/h1-3,6-7,10-13,20,25H,4-5,8-9H2,(H,24,26)/t20-/m0/s1. The van der Waals surface area contributed by atoms with Crippen LogP contribution in [0, 0.1) is 0 Å². The summed E-state index contributed by atoms with van der Waals surface area (Å²) in [5, 5.41) is 7.49. The summed E-state index contributed by atoms with van der Waals surface area (Å²) in [5.41, 5.74) is 3.47. The Labute approximate surface area is 172 Å².